The Morgan fingerprint density at radius 2 is 2.05 bits per heavy atom. The Labute approximate surface area is 126 Å². The van der Waals surface area contributed by atoms with Gasteiger partial charge in [-0.05, 0) is 17.7 Å². The first-order chi connectivity index (χ1) is 10.7. The normalized spacial score (nSPS) is 10.2. The zero-order chi connectivity index (χ0) is 15.8. The number of aromatic nitrogens is 3. The highest BCUT2D eigenvalue weighted by Crippen LogP contribution is 2.30. The van der Waals surface area contributed by atoms with Gasteiger partial charge in [0.2, 0.25) is 5.82 Å². The minimum atomic E-state index is -0.572. The van der Waals surface area contributed by atoms with Gasteiger partial charge in [0.25, 0.3) is 5.88 Å². The Hall–Kier alpha value is -2.81. The van der Waals surface area contributed by atoms with Gasteiger partial charge in [0.15, 0.2) is 0 Å². The second-order valence-electron chi connectivity index (χ2n) is 4.18. The van der Waals surface area contributed by atoms with E-state index in [9.17, 15) is 10.1 Å². The molecule has 0 fully saturated rings. The molecule has 0 aliphatic carbocycles. The van der Waals surface area contributed by atoms with E-state index in [-0.39, 0.29) is 24.0 Å². The number of pyridine rings is 1. The molecular formula is C13H15N5O4. The van der Waals surface area contributed by atoms with Crippen LogP contribution in [-0.4, -0.2) is 40.2 Å². The van der Waals surface area contributed by atoms with Gasteiger partial charge in [0, 0.05) is 26.0 Å². The predicted molar refractivity (Wildman–Crippen MR) is 77.6 cm³/mol. The van der Waals surface area contributed by atoms with Crippen LogP contribution in [-0.2, 0) is 11.3 Å². The molecule has 0 radical (unpaired) electrons. The van der Waals surface area contributed by atoms with Crippen LogP contribution in [0.5, 0.6) is 5.88 Å². The van der Waals surface area contributed by atoms with Crippen LogP contribution in [0.1, 0.15) is 5.56 Å². The van der Waals surface area contributed by atoms with E-state index in [0.29, 0.717) is 13.2 Å². The molecule has 2 heterocycles. The zero-order valence-corrected chi connectivity index (χ0v) is 11.9. The Balaban J connectivity index is 2.15. The van der Waals surface area contributed by atoms with Gasteiger partial charge in [-0.2, -0.15) is 4.98 Å². The summed E-state index contributed by atoms with van der Waals surface area (Å²) in [4.78, 5) is 22.3. The fourth-order valence-electron chi connectivity index (χ4n) is 1.67. The number of anilines is 1. The molecule has 0 aliphatic rings. The van der Waals surface area contributed by atoms with E-state index in [0.717, 1.165) is 5.56 Å². The molecule has 0 saturated heterocycles. The van der Waals surface area contributed by atoms with Gasteiger partial charge in [0.1, 0.15) is 12.9 Å². The largest absolute Gasteiger partial charge is 0.470 e. The SMILES string of the molecule is COCCOc1ncnc(NCc2ccncc2)c1[N+](=O)[O-]. The van der Waals surface area contributed by atoms with Crippen LogP contribution in [0.3, 0.4) is 0 Å². The van der Waals surface area contributed by atoms with Crippen LogP contribution in [0.15, 0.2) is 30.9 Å². The monoisotopic (exact) mass is 305 g/mol. The fraction of sp³-hybridized carbons (Fsp3) is 0.308. The summed E-state index contributed by atoms with van der Waals surface area (Å²) in [6.45, 7) is 0.844. The molecule has 116 valence electrons. The van der Waals surface area contributed by atoms with E-state index in [1.54, 1.807) is 24.5 Å². The van der Waals surface area contributed by atoms with E-state index >= 15 is 0 Å². The number of rotatable bonds is 8. The third-order valence-electron chi connectivity index (χ3n) is 2.71. The molecule has 2 aromatic rings. The van der Waals surface area contributed by atoms with Crippen molar-refractivity contribution in [2.75, 3.05) is 25.6 Å². The van der Waals surface area contributed by atoms with E-state index in [1.807, 2.05) is 0 Å². The first-order valence-corrected chi connectivity index (χ1v) is 6.46. The van der Waals surface area contributed by atoms with Crippen LogP contribution in [0.4, 0.5) is 11.5 Å². The average molecular weight is 305 g/mol. The summed E-state index contributed by atoms with van der Waals surface area (Å²) in [5.41, 5.74) is 0.623. The molecule has 0 amide bonds. The number of methoxy groups -OCH3 is 1. The van der Waals surface area contributed by atoms with Crippen molar-refractivity contribution in [1.82, 2.24) is 15.0 Å². The number of hydrogen-bond acceptors (Lipinski definition) is 8. The van der Waals surface area contributed by atoms with Crippen molar-refractivity contribution in [2.45, 2.75) is 6.54 Å². The summed E-state index contributed by atoms with van der Waals surface area (Å²) >= 11 is 0. The first kappa shape index (κ1) is 15.6. The molecular weight excluding hydrogens is 290 g/mol. The maximum Gasteiger partial charge on any atom is 0.372 e. The lowest BCUT2D eigenvalue weighted by Crippen LogP contribution is -2.10. The standard InChI is InChI=1S/C13H15N5O4/c1-21-6-7-22-13-11(18(19)20)12(16-9-17-13)15-8-10-2-4-14-5-3-10/h2-5,9H,6-8H2,1H3,(H,15,16,17). The van der Waals surface area contributed by atoms with E-state index in [2.05, 4.69) is 20.3 Å². The van der Waals surface area contributed by atoms with E-state index < -0.39 is 4.92 Å². The van der Waals surface area contributed by atoms with E-state index in [1.165, 1.54) is 13.4 Å². The van der Waals surface area contributed by atoms with Gasteiger partial charge < -0.3 is 14.8 Å². The van der Waals surface area contributed by atoms with Gasteiger partial charge in [-0.15, -0.1) is 0 Å². The van der Waals surface area contributed by atoms with Gasteiger partial charge in [-0.3, -0.25) is 15.1 Å². The van der Waals surface area contributed by atoms with Crippen molar-refractivity contribution in [3.63, 3.8) is 0 Å². The lowest BCUT2D eigenvalue weighted by atomic mass is 10.3. The number of hydrogen-bond donors (Lipinski definition) is 1. The minimum Gasteiger partial charge on any atom is -0.470 e. The molecule has 0 bridgehead atoms. The van der Waals surface area contributed by atoms with Gasteiger partial charge in [0.05, 0.1) is 11.5 Å². The number of nitro groups is 1. The highest BCUT2D eigenvalue weighted by atomic mass is 16.6. The zero-order valence-electron chi connectivity index (χ0n) is 11.9. The van der Waals surface area contributed by atoms with Gasteiger partial charge in [-0.25, -0.2) is 4.98 Å². The predicted octanol–water partition coefficient (Wildman–Crippen LogP) is 1.42. The highest BCUT2D eigenvalue weighted by Gasteiger charge is 2.24. The lowest BCUT2D eigenvalue weighted by Gasteiger charge is -2.09. The second kappa shape index (κ2) is 7.84. The molecule has 9 heteroatoms. The van der Waals surface area contributed by atoms with Gasteiger partial charge in [-0.1, -0.05) is 0 Å². The van der Waals surface area contributed by atoms with Crippen molar-refractivity contribution in [1.29, 1.82) is 0 Å². The molecule has 0 saturated carbocycles. The van der Waals surface area contributed by atoms with Gasteiger partial charge >= 0.3 is 5.69 Å². The maximum absolute atomic E-state index is 11.3. The third kappa shape index (κ3) is 4.09. The molecule has 2 rings (SSSR count). The average Bonchev–Trinajstić information content (AvgIpc) is 2.54. The lowest BCUT2D eigenvalue weighted by molar-refractivity contribution is -0.385. The van der Waals surface area contributed by atoms with Crippen molar-refractivity contribution >= 4 is 11.5 Å². The molecule has 0 aliphatic heterocycles. The van der Waals surface area contributed by atoms with Crippen LogP contribution in [0.25, 0.3) is 0 Å². The summed E-state index contributed by atoms with van der Waals surface area (Å²) in [6, 6.07) is 3.60. The molecule has 22 heavy (non-hydrogen) atoms. The molecule has 0 unspecified atom stereocenters. The Bertz CT molecular complexity index is 623. The quantitative estimate of drug-likeness (QED) is 0.442. The van der Waals surface area contributed by atoms with Crippen molar-refractivity contribution in [3.8, 4) is 5.88 Å². The van der Waals surface area contributed by atoms with Crippen molar-refractivity contribution in [3.05, 3.63) is 46.5 Å². The Morgan fingerprint density at radius 3 is 2.73 bits per heavy atom. The summed E-state index contributed by atoms with van der Waals surface area (Å²) < 4.78 is 10.1. The van der Waals surface area contributed by atoms with Crippen LogP contribution < -0.4 is 10.1 Å². The van der Waals surface area contributed by atoms with Crippen LogP contribution >= 0.6 is 0 Å². The number of ether oxygens (including phenoxy) is 2. The molecule has 9 nitrogen and oxygen atoms in total. The third-order valence-corrected chi connectivity index (χ3v) is 2.71. The summed E-state index contributed by atoms with van der Waals surface area (Å²) in [5.74, 6) is 0.0125. The first-order valence-electron chi connectivity index (χ1n) is 6.46. The second-order valence-corrected chi connectivity index (χ2v) is 4.18. The maximum atomic E-state index is 11.3. The Morgan fingerprint density at radius 1 is 1.27 bits per heavy atom. The number of nitrogens with one attached hydrogen (secondary N) is 1. The summed E-state index contributed by atoms with van der Waals surface area (Å²) in [7, 11) is 1.51. The summed E-state index contributed by atoms with van der Waals surface area (Å²) in [5, 5.41) is 14.2. The molecule has 2 aromatic heterocycles. The fourth-order valence-corrected chi connectivity index (χ4v) is 1.67. The number of nitrogens with zero attached hydrogens (tertiary/aromatic N) is 4. The molecule has 0 aromatic carbocycles. The highest BCUT2D eigenvalue weighted by molar-refractivity contribution is 5.61. The minimum absolute atomic E-state index is 0.0886. The van der Waals surface area contributed by atoms with Crippen molar-refractivity contribution < 1.29 is 14.4 Å². The molecule has 0 atom stereocenters. The topological polar surface area (TPSA) is 112 Å². The molecule has 1 N–H and O–H groups in total. The van der Waals surface area contributed by atoms with Crippen LogP contribution in [0, 0.1) is 10.1 Å². The van der Waals surface area contributed by atoms with E-state index in [4.69, 9.17) is 9.47 Å². The van der Waals surface area contributed by atoms with Crippen molar-refractivity contribution in [2.24, 2.45) is 0 Å². The Kier molecular flexibility index (Phi) is 5.55. The van der Waals surface area contributed by atoms with Crippen LogP contribution in [0.2, 0.25) is 0 Å². The summed E-state index contributed by atoms with van der Waals surface area (Å²) in [6.07, 6.45) is 4.50. The smallest absolute Gasteiger partial charge is 0.372 e. The molecule has 0 spiro atoms.